The van der Waals surface area contributed by atoms with Crippen LogP contribution < -0.4 is 10.1 Å². The van der Waals surface area contributed by atoms with Crippen LogP contribution in [-0.4, -0.2) is 25.5 Å². The fourth-order valence-electron chi connectivity index (χ4n) is 3.27. The highest BCUT2D eigenvalue weighted by atomic mass is 35.5. The van der Waals surface area contributed by atoms with Crippen LogP contribution in [0.25, 0.3) is 0 Å². The van der Waals surface area contributed by atoms with E-state index in [4.69, 9.17) is 16.3 Å². The number of rotatable bonds is 7. The van der Waals surface area contributed by atoms with Gasteiger partial charge in [0.2, 0.25) is 0 Å². The molecule has 0 radical (unpaired) electrons. The Balaban J connectivity index is 1.43. The lowest BCUT2D eigenvalue weighted by atomic mass is 10.2. The van der Waals surface area contributed by atoms with E-state index in [1.165, 1.54) is 16.8 Å². The van der Waals surface area contributed by atoms with Crippen LogP contribution in [0, 0.1) is 19.7 Å². The Kier molecular flexibility index (Phi) is 6.23. The number of nitrogens with one attached hydrogen (secondary N) is 1. The highest BCUT2D eigenvalue weighted by molar-refractivity contribution is 6.32. The zero-order chi connectivity index (χ0) is 22.7. The molecule has 164 valence electrons. The number of nitrogens with zero attached hydrogens (tertiary/aromatic N) is 4. The van der Waals surface area contributed by atoms with Crippen LogP contribution in [-0.2, 0) is 13.3 Å². The molecule has 4 rings (SSSR count). The monoisotopic (exact) mass is 453 g/mol. The molecule has 2 heterocycles. The van der Waals surface area contributed by atoms with Crippen LogP contribution in [0.1, 0.15) is 27.4 Å². The Morgan fingerprint density at radius 2 is 1.94 bits per heavy atom. The molecular weight excluding hydrogens is 433 g/mol. The zero-order valence-electron chi connectivity index (χ0n) is 17.5. The molecule has 0 aliphatic rings. The second kappa shape index (κ2) is 9.23. The number of halogens is 2. The van der Waals surface area contributed by atoms with Crippen LogP contribution in [0.2, 0.25) is 5.02 Å². The molecule has 7 nitrogen and oxygen atoms in total. The Hall–Kier alpha value is -3.65. The summed E-state index contributed by atoms with van der Waals surface area (Å²) in [4.78, 5) is 12.7. The number of anilines is 1. The van der Waals surface area contributed by atoms with Gasteiger partial charge in [-0.15, -0.1) is 0 Å². The van der Waals surface area contributed by atoms with E-state index < -0.39 is 0 Å². The number of hydrogen-bond acceptors (Lipinski definition) is 4. The highest BCUT2D eigenvalue weighted by Crippen LogP contribution is 2.24. The summed E-state index contributed by atoms with van der Waals surface area (Å²) >= 11 is 6.08. The minimum absolute atomic E-state index is 0.112. The van der Waals surface area contributed by atoms with Gasteiger partial charge in [0, 0.05) is 6.20 Å². The standard InChI is InChI=1S/C23H21ClFN5O2/c1-15-22(16(2)30(27-15)13-17-6-5-7-18(25)12-17)26-23(31)20-10-11-29(28-20)14-32-21-9-4-3-8-19(21)24/h3-12H,13-14H2,1-2H3,(H,26,31). The molecule has 9 heteroatoms. The largest absolute Gasteiger partial charge is 0.470 e. The number of carbonyl (C=O) groups excluding carboxylic acids is 1. The van der Waals surface area contributed by atoms with Crippen molar-refractivity contribution >= 4 is 23.2 Å². The molecule has 32 heavy (non-hydrogen) atoms. The molecule has 0 aliphatic carbocycles. The normalized spacial score (nSPS) is 10.9. The van der Waals surface area contributed by atoms with E-state index >= 15 is 0 Å². The summed E-state index contributed by atoms with van der Waals surface area (Å²) in [6, 6.07) is 15.1. The van der Waals surface area contributed by atoms with Crippen LogP contribution in [0.15, 0.2) is 60.8 Å². The number of hydrogen-bond donors (Lipinski definition) is 1. The number of aromatic nitrogens is 4. The molecular formula is C23H21ClFN5O2. The third-order valence-corrected chi connectivity index (χ3v) is 5.22. The van der Waals surface area contributed by atoms with Crippen LogP contribution in [0.3, 0.4) is 0 Å². The molecule has 1 N–H and O–H groups in total. The van der Waals surface area contributed by atoms with E-state index in [1.807, 2.05) is 25.1 Å². The highest BCUT2D eigenvalue weighted by Gasteiger charge is 2.17. The summed E-state index contributed by atoms with van der Waals surface area (Å²) in [5.41, 5.74) is 3.05. The lowest BCUT2D eigenvalue weighted by Gasteiger charge is -2.08. The van der Waals surface area contributed by atoms with Gasteiger partial charge in [-0.1, -0.05) is 35.9 Å². The van der Waals surface area contributed by atoms with E-state index in [0.717, 1.165) is 11.3 Å². The molecule has 0 bridgehead atoms. The third-order valence-electron chi connectivity index (χ3n) is 4.90. The number of para-hydroxylation sites is 1. The Bertz CT molecular complexity index is 1270. The topological polar surface area (TPSA) is 74.0 Å². The minimum atomic E-state index is -0.363. The number of ether oxygens (including phenoxy) is 1. The van der Waals surface area contributed by atoms with Gasteiger partial charge >= 0.3 is 0 Å². The van der Waals surface area contributed by atoms with Gasteiger partial charge in [-0.3, -0.25) is 9.48 Å². The summed E-state index contributed by atoms with van der Waals surface area (Å²) in [5, 5.41) is 12.1. The predicted molar refractivity (Wildman–Crippen MR) is 119 cm³/mol. The van der Waals surface area contributed by atoms with Crippen molar-refractivity contribution < 1.29 is 13.9 Å². The van der Waals surface area contributed by atoms with Gasteiger partial charge in [0.1, 0.15) is 11.6 Å². The van der Waals surface area contributed by atoms with Gasteiger partial charge < -0.3 is 10.1 Å². The molecule has 2 aromatic heterocycles. The SMILES string of the molecule is Cc1nn(Cc2cccc(F)c2)c(C)c1NC(=O)c1ccn(COc2ccccc2Cl)n1. The molecule has 4 aromatic rings. The lowest BCUT2D eigenvalue weighted by molar-refractivity contribution is 0.102. The van der Waals surface area contributed by atoms with Gasteiger partial charge in [-0.25, -0.2) is 9.07 Å². The first kappa shape index (κ1) is 21.6. The van der Waals surface area contributed by atoms with Crippen molar-refractivity contribution in [3.8, 4) is 5.75 Å². The first-order valence-corrected chi connectivity index (χ1v) is 10.3. The Labute approximate surface area is 189 Å². The molecule has 0 spiro atoms. The van der Waals surface area contributed by atoms with E-state index in [9.17, 15) is 9.18 Å². The summed E-state index contributed by atoms with van der Waals surface area (Å²) in [6.07, 6.45) is 1.65. The third kappa shape index (κ3) is 4.81. The van der Waals surface area contributed by atoms with Crippen molar-refractivity contribution in [2.24, 2.45) is 0 Å². The second-order valence-electron chi connectivity index (χ2n) is 7.23. The molecule has 0 saturated carbocycles. The number of amides is 1. The van der Waals surface area contributed by atoms with Crippen molar-refractivity contribution in [3.63, 3.8) is 0 Å². The quantitative estimate of drug-likeness (QED) is 0.435. The summed E-state index contributed by atoms with van der Waals surface area (Å²) in [6.45, 7) is 4.17. The zero-order valence-corrected chi connectivity index (χ0v) is 18.3. The molecule has 2 aromatic carbocycles. The molecule has 0 atom stereocenters. The van der Waals surface area contributed by atoms with E-state index in [1.54, 1.807) is 42.1 Å². The van der Waals surface area contributed by atoms with Crippen molar-refractivity contribution in [1.82, 2.24) is 19.6 Å². The average molecular weight is 454 g/mol. The Morgan fingerprint density at radius 3 is 2.72 bits per heavy atom. The number of carbonyl (C=O) groups is 1. The van der Waals surface area contributed by atoms with E-state index in [-0.39, 0.29) is 24.1 Å². The van der Waals surface area contributed by atoms with Gasteiger partial charge in [-0.05, 0) is 49.7 Å². The average Bonchev–Trinajstić information content (AvgIpc) is 3.34. The minimum Gasteiger partial charge on any atom is -0.470 e. The summed E-state index contributed by atoms with van der Waals surface area (Å²) < 4.78 is 22.4. The number of benzene rings is 2. The maximum Gasteiger partial charge on any atom is 0.276 e. The maximum atomic E-state index is 13.5. The van der Waals surface area contributed by atoms with Crippen molar-refractivity contribution in [3.05, 3.63) is 94.3 Å². The molecule has 0 saturated heterocycles. The molecule has 0 fully saturated rings. The van der Waals surface area contributed by atoms with Crippen molar-refractivity contribution in [2.45, 2.75) is 27.1 Å². The van der Waals surface area contributed by atoms with E-state index in [2.05, 4.69) is 15.5 Å². The van der Waals surface area contributed by atoms with Gasteiger partial charge in [-0.2, -0.15) is 10.2 Å². The van der Waals surface area contributed by atoms with Crippen LogP contribution in [0.4, 0.5) is 10.1 Å². The molecule has 0 aliphatic heterocycles. The van der Waals surface area contributed by atoms with Gasteiger partial charge in [0.15, 0.2) is 12.4 Å². The van der Waals surface area contributed by atoms with Crippen LogP contribution >= 0.6 is 11.6 Å². The second-order valence-corrected chi connectivity index (χ2v) is 7.64. The Morgan fingerprint density at radius 1 is 1.12 bits per heavy atom. The van der Waals surface area contributed by atoms with Gasteiger partial charge in [0.25, 0.3) is 5.91 Å². The van der Waals surface area contributed by atoms with Crippen molar-refractivity contribution in [1.29, 1.82) is 0 Å². The summed E-state index contributed by atoms with van der Waals surface area (Å²) in [5.74, 6) is -0.128. The van der Waals surface area contributed by atoms with Crippen molar-refractivity contribution in [2.75, 3.05) is 5.32 Å². The van der Waals surface area contributed by atoms with E-state index in [0.29, 0.717) is 28.7 Å². The fraction of sp³-hybridized carbons (Fsp3) is 0.174. The van der Waals surface area contributed by atoms with Crippen LogP contribution in [0.5, 0.6) is 5.75 Å². The van der Waals surface area contributed by atoms with Gasteiger partial charge in [0.05, 0.1) is 28.6 Å². The lowest BCUT2D eigenvalue weighted by Crippen LogP contribution is -2.15. The smallest absolute Gasteiger partial charge is 0.276 e. The first-order chi connectivity index (χ1) is 15.4. The molecule has 1 amide bonds. The first-order valence-electron chi connectivity index (χ1n) is 9.91. The number of aryl methyl sites for hydroxylation is 1. The maximum absolute atomic E-state index is 13.5. The molecule has 0 unspecified atom stereocenters. The predicted octanol–water partition coefficient (Wildman–Crippen LogP) is 4.83. The summed E-state index contributed by atoms with van der Waals surface area (Å²) in [7, 11) is 0. The fourth-order valence-corrected chi connectivity index (χ4v) is 3.46.